The third-order valence-corrected chi connectivity index (χ3v) is 3.20. The predicted molar refractivity (Wildman–Crippen MR) is 50.6 cm³/mol. The lowest BCUT2D eigenvalue weighted by Gasteiger charge is -2.25. The molecule has 0 atom stereocenters. The average molecular weight is 251 g/mol. The van der Waals surface area contributed by atoms with Gasteiger partial charge >= 0.3 is 0 Å². The van der Waals surface area contributed by atoms with Crippen LogP contribution < -0.4 is 5.73 Å². The van der Waals surface area contributed by atoms with Crippen LogP contribution in [0.3, 0.4) is 0 Å². The molecule has 94 valence electrons. The second-order valence-electron chi connectivity index (χ2n) is 4.31. The predicted octanol–water partition coefficient (Wildman–Crippen LogP) is 3.11. The Morgan fingerprint density at radius 2 is 1.06 bits per heavy atom. The number of rotatable bonds is 1. The van der Waals surface area contributed by atoms with Crippen LogP contribution in [0.4, 0.5) is 22.0 Å². The van der Waals surface area contributed by atoms with Crippen LogP contribution in [0.2, 0.25) is 0 Å². The van der Waals surface area contributed by atoms with Gasteiger partial charge in [-0.1, -0.05) is 12.8 Å². The van der Waals surface area contributed by atoms with Crippen LogP contribution >= 0.6 is 0 Å². The maximum absolute atomic E-state index is 13.5. The van der Waals surface area contributed by atoms with Gasteiger partial charge < -0.3 is 5.73 Å². The fraction of sp³-hybridized carbons (Fsp3) is 0.455. The molecule has 0 aliphatic heterocycles. The lowest BCUT2D eigenvalue weighted by Crippen LogP contribution is -2.36. The van der Waals surface area contributed by atoms with E-state index >= 15 is 0 Å². The quantitative estimate of drug-likeness (QED) is 0.463. The van der Waals surface area contributed by atoms with Crippen molar-refractivity contribution in [3.8, 4) is 0 Å². The van der Waals surface area contributed by atoms with Crippen molar-refractivity contribution in [1.29, 1.82) is 0 Å². The summed E-state index contributed by atoms with van der Waals surface area (Å²) in [6, 6.07) is 0. The minimum atomic E-state index is -2.15. The zero-order chi connectivity index (χ0) is 12.8. The molecule has 0 amide bonds. The first-order valence-electron chi connectivity index (χ1n) is 5.19. The van der Waals surface area contributed by atoms with Crippen LogP contribution in [0, 0.1) is 29.1 Å². The van der Waals surface area contributed by atoms with Gasteiger partial charge in [0.15, 0.2) is 23.3 Å². The molecule has 0 spiro atoms. The number of hydrogen-bond acceptors (Lipinski definition) is 1. The monoisotopic (exact) mass is 251 g/mol. The Labute approximate surface area is 94.4 Å². The van der Waals surface area contributed by atoms with Crippen LogP contribution in [0.25, 0.3) is 0 Å². The fourth-order valence-electron chi connectivity index (χ4n) is 2.30. The first kappa shape index (κ1) is 12.3. The highest BCUT2D eigenvalue weighted by Gasteiger charge is 2.40. The van der Waals surface area contributed by atoms with E-state index in [0.29, 0.717) is 12.8 Å². The van der Waals surface area contributed by atoms with Crippen molar-refractivity contribution >= 4 is 0 Å². The van der Waals surface area contributed by atoms with E-state index in [2.05, 4.69) is 0 Å². The fourth-order valence-corrected chi connectivity index (χ4v) is 2.30. The molecule has 2 rings (SSSR count). The second kappa shape index (κ2) is 3.94. The summed E-state index contributed by atoms with van der Waals surface area (Å²) < 4.78 is 65.9. The summed E-state index contributed by atoms with van der Waals surface area (Å²) in [5.41, 5.74) is 3.40. The van der Waals surface area contributed by atoms with Gasteiger partial charge in [0.25, 0.3) is 0 Å². The Balaban J connectivity index is 2.69. The van der Waals surface area contributed by atoms with Crippen molar-refractivity contribution in [3.63, 3.8) is 0 Å². The van der Waals surface area contributed by atoms with Crippen LogP contribution in [-0.2, 0) is 5.54 Å². The molecule has 0 radical (unpaired) electrons. The smallest absolute Gasteiger partial charge is 0.200 e. The molecule has 17 heavy (non-hydrogen) atoms. The van der Waals surface area contributed by atoms with Crippen molar-refractivity contribution in [3.05, 3.63) is 34.6 Å². The highest BCUT2D eigenvalue weighted by Crippen LogP contribution is 2.40. The molecular formula is C11H10F5N. The molecule has 1 fully saturated rings. The molecule has 0 bridgehead atoms. The summed E-state index contributed by atoms with van der Waals surface area (Å²) in [5, 5.41) is 0. The molecule has 0 aromatic heterocycles. The number of halogens is 5. The Morgan fingerprint density at radius 3 is 1.47 bits per heavy atom. The lowest BCUT2D eigenvalue weighted by molar-refractivity contribution is 0.334. The third-order valence-electron chi connectivity index (χ3n) is 3.20. The van der Waals surface area contributed by atoms with E-state index in [-0.39, 0.29) is 12.8 Å². The van der Waals surface area contributed by atoms with Gasteiger partial charge in [0, 0.05) is 11.1 Å². The Kier molecular flexibility index (Phi) is 2.85. The normalized spacial score (nSPS) is 18.7. The maximum Gasteiger partial charge on any atom is 0.200 e. The Morgan fingerprint density at radius 1 is 0.706 bits per heavy atom. The molecule has 1 aliphatic carbocycles. The van der Waals surface area contributed by atoms with Crippen molar-refractivity contribution < 1.29 is 22.0 Å². The molecule has 1 aromatic carbocycles. The standard InChI is InChI=1S/C11H10F5N/c12-6-5(11(17)3-1-2-4-11)7(13)9(15)10(16)8(6)14/h1-4,17H2. The summed E-state index contributed by atoms with van der Waals surface area (Å²) in [6.07, 6.45) is 1.64. The Hall–Kier alpha value is -1.17. The van der Waals surface area contributed by atoms with Crippen molar-refractivity contribution in [1.82, 2.24) is 0 Å². The van der Waals surface area contributed by atoms with Crippen LogP contribution in [0.15, 0.2) is 0 Å². The molecule has 0 saturated heterocycles. The summed E-state index contributed by atoms with van der Waals surface area (Å²) in [4.78, 5) is 0. The van der Waals surface area contributed by atoms with Crippen LogP contribution in [-0.4, -0.2) is 0 Å². The van der Waals surface area contributed by atoms with E-state index in [4.69, 9.17) is 5.73 Å². The molecule has 6 heteroatoms. The lowest BCUT2D eigenvalue weighted by atomic mass is 9.88. The van der Waals surface area contributed by atoms with E-state index in [0.717, 1.165) is 0 Å². The maximum atomic E-state index is 13.5. The topological polar surface area (TPSA) is 26.0 Å². The molecule has 1 saturated carbocycles. The number of hydrogen-bond donors (Lipinski definition) is 1. The van der Waals surface area contributed by atoms with Gasteiger partial charge in [-0.05, 0) is 12.8 Å². The first-order valence-corrected chi connectivity index (χ1v) is 5.19. The molecule has 2 N–H and O–H groups in total. The van der Waals surface area contributed by atoms with Gasteiger partial charge in [-0.15, -0.1) is 0 Å². The summed E-state index contributed by atoms with van der Waals surface area (Å²) >= 11 is 0. The van der Waals surface area contributed by atoms with Crippen molar-refractivity contribution in [2.24, 2.45) is 5.73 Å². The van der Waals surface area contributed by atoms with Gasteiger partial charge in [-0.2, -0.15) is 0 Å². The van der Waals surface area contributed by atoms with E-state index in [1.165, 1.54) is 0 Å². The molecule has 1 aromatic rings. The van der Waals surface area contributed by atoms with Crippen LogP contribution in [0.1, 0.15) is 31.2 Å². The summed E-state index contributed by atoms with van der Waals surface area (Å²) in [5.74, 6) is -9.65. The highest BCUT2D eigenvalue weighted by molar-refractivity contribution is 5.31. The third kappa shape index (κ3) is 1.71. The summed E-state index contributed by atoms with van der Waals surface area (Å²) in [7, 11) is 0. The Bertz CT molecular complexity index is 436. The molecule has 1 nitrogen and oxygen atoms in total. The molecule has 0 heterocycles. The average Bonchev–Trinajstić information content (AvgIpc) is 2.71. The number of nitrogens with two attached hydrogens (primary N) is 1. The highest BCUT2D eigenvalue weighted by atomic mass is 19.2. The minimum absolute atomic E-state index is 0.214. The SMILES string of the molecule is NC1(c2c(F)c(F)c(F)c(F)c2F)CCCC1. The zero-order valence-corrected chi connectivity index (χ0v) is 8.80. The zero-order valence-electron chi connectivity index (χ0n) is 8.80. The van der Waals surface area contributed by atoms with Crippen LogP contribution in [0.5, 0.6) is 0 Å². The van der Waals surface area contributed by atoms with Gasteiger partial charge in [0.05, 0.1) is 0 Å². The largest absolute Gasteiger partial charge is 0.321 e. The van der Waals surface area contributed by atoms with Crippen molar-refractivity contribution in [2.75, 3.05) is 0 Å². The van der Waals surface area contributed by atoms with E-state index < -0.39 is 40.2 Å². The van der Waals surface area contributed by atoms with E-state index in [9.17, 15) is 22.0 Å². The van der Waals surface area contributed by atoms with Gasteiger partial charge in [-0.3, -0.25) is 0 Å². The van der Waals surface area contributed by atoms with Gasteiger partial charge in [0.2, 0.25) is 5.82 Å². The molecule has 1 aliphatic rings. The van der Waals surface area contributed by atoms with Gasteiger partial charge in [0.1, 0.15) is 0 Å². The van der Waals surface area contributed by atoms with E-state index in [1.54, 1.807) is 0 Å². The molecular weight excluding hydrogens is 241 g/mol. The minimum Gasteiger partial charge on any atom is -0.321 e. The summed E-state index contributed by atoms with van der Waals surface area (Å²) in [6.45, 7) is 0. The molecule has 0 unspecified atom stereocenters. The number of benzene rings is 1. The first-order chi connectivity index (χ1) is 7.88. The van der Waals surface area contributed by atoms with Gasteiger partial charge in [-0.25, -0.2) is 22.0 Å². The van der Waals surface area contributed by atoms with E-state index in [1.807, 2.05) is 0 Å². The second-order valence-corrected chi connectivity index (χ2v) is 4.31. The van der Waals surface area contributed by atoms with Crippen molar-refractivity contribution in [2.45, 2.75) is 31.2 Å².